The number of hydrogen-bond acceptors (Lipinski definition) is 6. The first kappa shape index (κ1) is 19.3. The fourth-order valence-corrected chi connectivity index (χ4v) is 3.25. The average molecular weight is 374 g/mol. The third kappa shape index (κ3) is 4.47. The van der Waals surface area contributed by atoms with E-state index in [1.165, 1.54) is 4.90 Å². The van der Waals surface area contributed by atoms with Crippen molar-refractivity contribution in [2.75, 3.05) is 24.6 Å². The molecule has 2 heterocycles. The first-order chi connectivity index (χ1) is 13.0. The van der Waals surface area contributed by atoms with E-state index in [4.69, 9.17) is 0 Å². The maximum absolute atomic E-state index is 12.2. The summed E-state index contributed by atoms with van der Waals surface area (Å²) < 4.78 is 0. The van der Waals surface area contributed by atoms with Gasteiger partial charge in [-0.3, -0.25) is 14.6 Å². The van der Waals surface area contributed by atoms with Crippen LogP contribution in [0.15, 0.2) is 36.5 Å². The van der Waals surface area contributed by atoms with Crippen LogP contribution in [0, 0.1) is 0 Å². The van der Waals surface area contributed by atoms with Gasteiger partial charge in [-0.25, -0.2) is 5.43 Å². The van der Waals surface area contributed by atoms with Crippen molar-refractivity contribution in [3.63, 3.8) is 0 Å². The number of nitrogens with zero attached hydrogens (tertiary/aromatic N) is 2. The Balaban J connectivity index is 1.55. The molecule has 0 saturated carbocycles. The predicted octanol–water partition coefficient (Wildman–Crippen LogP) is 0.0463. The normalized spacial score (nSPS) is 19.8. The van der Waals surface area contributed by atoms with Gasteiger partial charge in [0, 0.05) is 25.8 Å². The lowest BCUT2D eigenvalue weighted by Gasteiger charge is -2.24. The van der Waals surface area contributed by atoms with Crippen LogP contribution >= 0.6 is 0 Å². The Hall–Kier alpha value is -2.42. The largest absolute Gasteiger partial charge is 0.380 e. The summed E-state index contributed by atoms with van der Waals surface area (Å²) in [4.78, 5) is 25.9. The number of benzene rings is 1. The second-order valence-corrected chi connectivity index (χ2v) is 6.86. The Labute approximate surface area is 158 Å². The Kier molecular flexibility index (Phi) is 6.10. The SMILES string of the molecule is C[C@@H](NC(=O)[C@H](O)[C@@H](O)C(=O)N1CCCC1)c1ccc(N2C=CCN2)cc1. The lowest BCUT2D eigenvalue weighted by atomic mass is 10.1. The molecule has 1 aromatic rings. The van der Waals surface area contributed by atoms with Crippen molar-refractivity contribution in [2.45, 2.75) is 38.0 Å². The van der Waals surface area contributed by atoms with Gasteiger partial charge in [0.1, 0.15) is 0 Å². The van der Waals surface area contributed by atoms with E-state index in [1.807, 2.05) is 41.6 Å². The van der Waals surface area contributed by atoms with Crippen molar-refractivity contribution in [1.29, 1.82) is 0 Å². The summed E-state index contributed by atoms with van der Waals surface area (Å²) in [6, 6.07) is 7.22. The Morgan fingerprint density at radius 3 is 2.37 bits per heavy atom. The number of carbonyl (C=O) groups excluding carboxylic acids is 2. The molecule has 0 spiro atoms. The number of hydrazine groups is 1. The molecule has 0 radical (unpaired) electrons. The van der Waals surface area contributed by atoms with Gasteiger partial charge in [0.25, 0.3) is 11.8 Å². The van der Waals surface area contributed by atoms with Crippen LogP contribution in [0.2, 0.25) is 0 Å². The molecule has 1 aromatic carbocycles. The average Bonchev–Trinajstić information content (AvgIpc) is 3.40. The third-order valence-corrected chi connectivity index (χ3v) is 4.90. The van der Waals surface area contributed by atoms with Crippen molar-refractivity contribution in [2.24, 2.45) is 0 Å². The maximum atomic E-state index is 12.2. The molecule has 1 saturated heterocycles. The smallest absolute Gasteiger partial charge is 0.254 e. The van der Waals surface area contributed by atoms with E-state index in [0.29, 0.717) is 13.1 Å². The lowest BCUT2D eigenvalue weighted by Crippen LogP contribution is -2.50. The highest BCUT2D eigenvalue weighted by Crippen LogP contribution is 2.20. The highest BCUT2D eigenvalue weighted by atomic mass is 16.3. The molecule has 2 aliphatic heterocycles. The maximum Gasteiger partial charge on any atom is 0.254 e. The van der Waals surface area contributed by atoms with Gasteiger partial charge in [0.05, 0.1) is 11.7 Å². The third-order valence-electron chi connectivity index (χ3n) is 4.90. The topological polar surface area (TPSA) is 105 Å². The van der Waals surface area contributed by atoms with Gasteiger partial charge in [-0.2, -0.15) is 0 Å². The van der Waals surface area contributed by atoms with E-state index in [9.17, 15) is 19.8 Å². The molecule has 8 heteroatoms. The summed E-state index contributed by atoms with van der Waals surface area (Å²) >= 11 is 0. The summed E-state index contributed by atoms with van der Waals surface area (Å²) in [5.41, 5.74) is 4.99. The molecule has 2 aliphatic rings. The molecular formula is C19H26N4O4. The minimum absolute atomic E-state index is 0.377. The molecule has 4 N–H and O–H groups in total. The van der Waals surface area contributed by atoms with E-state index in [2.05, 4.69) is 10.7 Å². The standard InChI is InChI=1S/C19H26N4O4/c1-13(14-5-7-15(8-6-14)23-12-4-9-20-23)21-18(26)16(24)17(25)19(27)22-10-2-3-11-22/h4-8,12-13,16-17,20,24-25H,2-3,9-11H2,1H3,(H,21,26)/t13-,16-,17-/m1/s1. The number of aliphatic hydroxyl groups excluding tert-OH is 2. The lowest BCUT2D eigenvalue weighted by molar-refractivity contribution is -0.152. The monoisotopic (exact) mass is 374 g/mol. The molecule has 0 unspecified atom stereocenters. The number of nitrogens with one attached hydrogen (secondary N) is 2. The highest BCUT2D eigenvalue weighted by molar-refractivity contribution is 5.91. The van der Waals surface area contributed by atoms with E-state index in [1.54, 1.807) is 6.92 Å². The molecule has 27 heavy (non-hydrogen) atoms. The minimum atomic E-state index is -1.79. The summed E-state index contributed by atoms with van der Waals surface area (Å²) in [6.45, 7) is 3.66. The van der Waals surface area contributed by atoms with Gasteiger partial charge in [-0.15, -0.1) is 0 Å². The second kappa shape index (κ2) is 8.51. The number of carbonyl (C=O) groups is 2. The van der Waals surface area contributed by atoms with Crippen LogP contribution in [-0.4, -0.2) is 58.8 Å². The fourth-order valence-electron chi connectivity index (χ4n) is 3.25. The van der Waals surface area contributed by atoms with Gasteiger partial charge >= 0.3 is 0 Å². The minimum Gasteiger partial charge on any atom is -0.380 e. The zero-order chi connectivity index (χ0) is 19.4. The number of anilines is 1. The van der Waals surface area contributed by atoms with Crippen molar-refractivity contribution in [3.05, 3.63) is 42.1 Å². The van der Waals surface area contributed by atoms with Gasteiger partial charge in [0.15, 0.2) is 12.2 Å². The van der Waals surface area contributed by atoms with E-state index < -0.39 is 24.0 Å². The quantitative estimate of drug-likeness (QED) is 0.561. The van der Waals surface area contributed by atoms with Gasteiger partial charge in [-0.05, 0) is 37.5 Å². The summed E-state index contributed by atoms with van der Waals surface area (Å²) in [5.74, 6) is -1.37. The molecule has 0 aliphatic carbocycles. The number of hydrogen-bond donors (Lipinski definition) is 4. The van der Waals surface area contributed by atoms with Gasteiger partial charge < -0.3 is 20.4 Å². The Morgan fingerprint density at radius 2 is 1.78 bits per heavy atom. The molecular weight excluding hydrogens is 348 g/mol. The first-order valence-electron chi connectivity index (χ1n) is 9.22. The molecule has 0 bridgehead atoms. The highest BCUT2D eigenvalue weighted by Gasteiger charge is 2.34. The zero-order valence-electron chi connectivity index (χ0n) is 15.3. The number of likely N-dealkylation sites (tertiary alicyclic amines) is 1. The van der Waals surface area contributed by atoms with E-state index in [0.717, 1.165) is 30.6 Å². The molecule has 2 amide bonds. The molecule has 8 nitrogen and oxygen atoms in total. The van der Waals surface area contributed by atoms with Crippen LogP contribution < -0.4 is 15.8 Å². The number of aliphatic hydroxyl groups is 2. The molecule has 0 aromatic heterocycles. The predicted molar refractivity (Wildman–Crippen MR) is 100 cm³/mol. The summed E-state index contributed by atoms with van der Waals surface area (Å²) in [5, 5.41) is 24.7. The molecule has 3 rings (SSSR count). The van der Waals surface area contributed by atoms with Crippen LogP contribution in [0.3, 0.4) is 0 Å². The molecule has 146 valence electrons. The Bertz CT molecular complexity index is 700. The first-order valence-corrected chi connectivity index (χ1v) is 9.22. The van der Waals surface area contributed by atoms with Crippen molar-refractivity contribution in [3.8, 4) is 0 Å². The Morgan fingerprint density at radius 1 is 1.11 bits per heavy atom. The van der Waals surface area contributed by atoms with Crippen LogP contribution in [0.25, 0.3) is 0 Å². The van der Waals surface area contributed by atoms with Crippen molar-refractivity contribution < 1.29 is 19.8 Å². The van der Waals surface area contributed by atoms with Crippen LogP contribution in [0.4, 0.5) is 5.69 Å². The van der Waals surface area contributed by atoms with Crippen LogP contribution in [-0.2, 0) is 9.59 Å². The fraction of sp³-hybridized carbons (Fsp3) is 0.474. The number of rotatable bonds is 6. The summed E-state index contributed by atoms with van der Waals surface area (Å²) in [6.07, 6.45) is 2.15. The molecule has 1 fully saturated rings. The number of amides is 2. The van der Waals surface area contributed by atoms with Crippen LogP contribution in [0.1, 0.15) is 31.4 Å². The summed E-state index contributed by atoms with van der Waals surface area (Å²) in [7, 11) is 0. The van der Waals surface area contributed by atoms with E-state index >= 15 is 0 Å². The van der Waals surface area contributed by atoms with Crippen molar-refractivity contribution >= 4 is 17.5 Å². The van der Waals surface area contributed by atoms with E-state index in [-0.39, 0.29) is 6.04 Å². The molecule has 3 atom stereocenters. The van der Waals surface area contributed by atoms with Gasteiger partial charge in [-0.1, -0.05) is 18.2 Å². The second-order valence-electron chi connectivity index (χ2n) is 6.86. The van der Waals surface area contributed by atoms with Crippen LogP contribution in [0.5, 0.6) is 0 Å². The van der Waals surface area contributed by atoms with Crippen molar-refractivity contribution in [1.82, 2.24) is 15.6 Å². The van der Waals surface area contributed by atoms with Gasteiger partial charge in [0.2, 0.25) is 0 Å². The zero-order valence-corrected chi connectivity index (χ0v) is 15.3.